The lowest BCUT2D eigenvalue weighted by molar-refractivity contribution is -0.137. The molecule has 1 N–H and O–H groups in total. The number of aliphatic carboxylic acids is 1. The molecule has 0 unspecified atom stereocenters. The monoisotopic (exact) mass is 285 g/mol. The van der Waals surface area contributed by atoms with E-state index in [1.165, 1.54) is 64.2 Å². The maximum Gasteiger partial charge on any atom is 0.304 e. The molecule has 20 heavy (non-hydrogen) atoms. The molecule has 3 nitrogen and oxygen atoms in total. The van der Waals surface area contributed by atoms with Crippen molar-refractivity contribution in [2.45, 2.75) is 84.5 Å². The first-order valence-electron chi connectivity index (χ1n) is 8.64. The Bertz CT molecular complexity index is 219. The van der Waals surface area contributed by atoms with E-state index in [-0.39, 0.29) is 6.42 Å². The highest BCUT2D eigenvalue weighted by molar-refractivity contribution is 5.66. The zero-order chi connectivity index (χ0) is 15.1. The van der Waals surface area contributed by atoms with Gasteiger partial charge in [-0.25, -0.2) is 0 Å². The molecule has 0 aromatic carbocycles. The smallest absolute Gasteiger partial charge is 0.304 e. The Morgan fingerprint density at radius 3 is 1.75 bits per heavy atom. The van der Waals surface area contributed by atoms with Crippen molar-refractivity contribution in [1.82, 2.24) is 4.90 Å². The van der Waals surface area contributed by atoms with Gasteiger partial charge in [-0.05, 0) is 19.5 Å². The molecule has 0 amide bonds. The second-order valence-corrected chi connectivity index (χ2v) is 5.76. The lowest BCUT2D eigenvalue weighted by Crippen LogP contribution is -2.27. The highest BCUT2D eigenvalue weighted by Crippen LogP contribution is 2.10. The van der Waals surface area contributed by atoms with Crippen LogP contribution in [0.2, 0.25) is 0 Å². The molecular weight excluding hydrogens is 250 g/mol. The van der Waals surface area contributed by atoms with Gasteiger partial charge in [-0.1, -0.05) is 71.6 Å². The molecule has 0 aromatic rings. The summed E-state index contributed by atoms with van der Waals surface area (Å²) in [7, 11) is 0. The maximum absolute atomic E-state index is 10.5. The number of carboxylic acid groups (broad SMARTS) is 1. The molecule has 0 bridgehead atoms. The van der Waals surface area contributed by atoms with Gasteiger partial charge in [-0.15, -0.1) is 0 Å². The fraction of sp³-hybridized carbons (Fsp3) is 0.941. The van der Waals surface area contributed by atoms with Crippen LogP contribution in [0.5, 0.6) is 0 Å². The van der Waals surface area contributed by atoms with Gasteiger partial charge in [0.15, 0.2) is 0 Å². The first-order valence-corrected chi connectivity index (χ1v) is 8.64. The second-order valence-electron chi connectivity index (χ2n) is 5.76. The first kappa shape index (κ1) is 19.4. The van der Waals surface area contributed by atoms with E-state index < -0.39 is 5.97 Å². The fourth-order valence-corrected chi connectivity index (χ4v) is 2.50. The maximum atomic E-state index is 10.5. The molecule has 0 aliphatic heterocycles. The lowest BCUT2D eigenvalue weighted by atomic mass is 10.1. The number of hydrogen-bond acceptors (Lipinski definition) is 2. The van der Waals surface area contributed by atoms with Crippen molar-refractivity contribution in [1.29, 1.82) is 0 Å². The molecule has 0 fully saturated rings. The predicted octanol–water partition coefficient (Wildman–Crippen LogP) is 4.70. The molecule has 0 aliphatic carbocycles. The Hall–Kier alpha value is -0.570. The predicted molar refractivity (Wildman–Crippen MR) is 86.2 cm³/mol. The summed E-state index contributed by atoms with van der Waals surface area (Å²) in [6.45, 7) is 7.09. The second kappa shape index (κ2) is 14.8. The molecular formula is C17H35NO2. The molecule has 0 heterocycles. The van der Waals surface area contributed by atoms with Crippen molar-refractivity contribution < 1.29 is 9.90 Å². The molecule has 0 rings (SSSR count). The number of carbonyl (C=O) groups is 1. The Balaban J connectivity index is 3.26. The minimum absolute atomic E-state index is 0.269. The lowest BCUT2D eigenvalue weighted by Gasteiger charge is -2.19. The Kier molecular flexibility index (Phi) is 14.4. The quantitative estimate of drug-likeness (QED) is 0.443. The average Bonchev–Trinajstić information content (AvgIpc) is 2.44. The first-order chi connectivity index (χ1) is 9.70. The SMILES string of the molecule is CCCCCCCCCCCCN(CC)CCC(=O)O. The van der Waals surface area contributed by atoms with E-state index in [9.17, 15) is 4.79 Å². The standard InChI is InChI=1S/C17H35NO2/c1-3-5-6-7-8-9-10-11-12-13-15-18(4-2)16-14-17(19)20/h3-16H2,1-2H3,(H,19,20). The number of hydrogen-bond donors (Lipinski definition) is 1. The average molecular weight is 285 g/mol. The number of nitrogens with zero attached hydrogens (tertiary/aromatic N) is 1. The summed E-state index contributed by atoms with van der Waals surface area (Å²) < 4.78 is 0. The normalized spacial score (nSPS) is 11.2. The number of rotatable bonds is 15. The van der Waals surface area contributed by atoms with Gasteiger partial charge >= 0.3 is 5.97 Å². The number of unbranched alkanes of at least 4 members (excludes halogenated alkanes) is 9. The highest BCUT2D eigenvalue weighted by atomic mass is 16.4. The molecule has 3 heteroatoms. The van der Waals surface area contributed by atoms with Gasteiger partial charge in [0.2, 0.25) is 0 Å². The molecule has 120 valence electrons. The van der Waals surface area contributed by atoms with Crippen LogP contribution >= 0.6 is 0 Å². The zero-order valence-electron chi connectivity index (χ0n) is 13.7. The van der Waals surface area contributed by atoms with E-state index >= 15 is 0 Å². The van der Waals surface area contributed by atoms with E-state index in [1.807, 2.05) is 0 Å². The van der Waals surface area contributed by atoms with Gasteiger partial charge in [-0.3, -0.25) is 4.79 Å². The Morgan fingerprint density at radius 1 is 0.800 bits per heavy atom. The van der Waals surface area contributed by atoms with Crippen molar-refractivity contribution >= 4 is 5.97 Å². The molecule has 0 spiro atoms. The van der Waals surface area contributed by atoms with Crippen LogP contribution in [0.3, 0.4) is 0 Å². The van der Waals surface area contributed by atoms with E-state index in [0.717, 1.165) is 13.1 Å². The summed E-state index contributed by atoms with van der Waals surface area (Å²) in [5.41, 5.74) is 0. The van der Waals surface area contributed by atoms with Crippen LogP contribution in [0, 0.1) is 0 Å². The molecule has 0 saturated carbocycles. The third-order valence-electron chi connectivity index (χ3n) is 3.92. The van der Waals surface area contributed by atoms with Crippen LogP contribution in [0.1, 0.15) is 84.5 Å². The van der Waals surface area contributed by atoms with Crippen molar-refractivity contribution in [3.63, 3.8) is 0 Å². The minimum Gasteiger partial charge on any atom is -0.481 e. The number of carboxylic acids is 1. The van der Waals surface area contributed by atoms with Crippen LogP contribution in [0.4, 0.5) is 0 Å². The van der Waals surface area contributed by atoms with Gasteiger partial charge in [0.1, 0.15) is 0 Å². The summed E-state index contributed by atoms with van der Waals surface area (Å²) in [6, 6.07) is 0. The van der Waals surface area contributed by atoms with Crippen LogP contribution in [-0.4, -0.2) is 35.6 Å². The molecule has 0 saturated heterocycles. The van der Waals surface area contributed by atoms with E-state index in [0.29, 0.717) is 6.54 Å². The van der Waals surface area contributed by atoms with Crippen molar-refractivity contribution in [2.24, 2.45) is 0 Å². The van der Waals surface area contributed by atoms with Gasteiger partial charge in [0, 0.05) is 6.54 Å². The van der Waals surface area contributed by atoms with Crippen molar-refractivity contribution in [2.75, 3.05) is 19.6 Å². The van der Waals surface area contributed by atoms with E-state index in [2.05, 4.69) is 18.7 Å². The van der Waals surface area contributed by atoms with Crippen LogP contribution < -0.4 is 0 Å². The van der Waals surface area contributed by atoms with Gasteiger partial charge in [-0.2, -0.15) is 0 Å². The topological polar surface area (TPSA) is 40.5 Å². The fourth-order valence-electron chi connectivity index (χ4n) is 2.50. The van der Waals surface area contributed by atoms with Crippen LogP contribution in [-0.2, 0) is 4.79 Å². The van der Waals surface area contributed by atoms with E-state index in [1.54, 1.807) is 0 Å². The summed E-state index contributed by atoms with van der Waals surface area (Å²) in [5.74, 6) is -0.688. The Labute approximate surface area is 125 Å². The van der Waals surface area contributed by atoms with E-state index in [4.69, 9.17) is 5.11 Å². The van der Waals surface area contributed by atoms with Crippen molar-refractivity contribution in [3.8, 4) is 0 Å². The van der Waals surface area contributed by atoms with Gasteiger partial charge in [0.05, 0.1) is 6.42 Å². The van der Waals surface area contributed by atoms with Crippen LogP contribution in [0.15, 0.2) is 0 Å². The molecule has 0 radical (unpaired) electrons. The summed E-state index contributed by atoms with van der Waals surface area (Å²) >= 11 is 0. The molecule has 0 aromatic heterocycles. The zero-order valence-corrected chi connectivity index (χ0v) is 13.7. The Morgan fingerprint density at radius 2 is 1.30 bits per heavy atom. The molecule has 0 aliphatic rings. The summed E-state index contributed by atoms with van der Waals surface area (Å²) in [5, 5.41) is 8.68. The van der Waals surface area contributed by atoms with Crippen molar-refractivity contribution in [3.05, 3.63) is 0 Å². The highest BCUT2D eigenvalue weighted by Gasteiger charge is 2.04. The third kappa shape index (κ3) is 13.9. The minimum atomic E-state index is -0.688. The van der Waals surface area contributed by atoms with Gasteiger partial charge < -0.3 is 10.0 Å². The van der Waals surface area contributed by atoms with Crippen LogP contribution in [0.25, 0.3) is 0 Å². The summed E-state index contributed by atoms with van der Waals surface area (Å²) in [6.07, 6.45) is 13.8. The largest absolute Gasteiger partial charge is 0.481 e. The van der Waals surface area contributed by atoms with Gasteiger partial charge in [0.25, 0.3) is 0 Å². The molecule has 0 atom stereocenters. The third-order valence-corrected chi connectivity index (χ3v) is 3.92. The summed E-state index contributed by atoms with van der Waals surface area (Å²) in [4.78, 5) is 12.8.